The second-order valence-electron chi connectivity index (χ2n) is 10.6. The average molecular weight is 481 g/mol. The Hall–Kier alpha value is -5.08. The minimum absolute atomic E-state index is 0.0207. The molecular formula is C38H24. The lowest BCUT2D eigenvalue weighted by Gasteiger charge is -2.62. The second kappa shape index (κ2) is 9.10. The molecular weight excluding hydrogens is 456 g/mol. The quantitative estimate of drug-likeness (QED) is 0.505. The molecule has 4 saturated carbocycles. The van der Waals surface area contributed by atoms with E-state index in [0.717, 1.165) is 36.8 Å². The fourth-order valence-corrected chi connectivity index (χ4v) is 8.13. The van der Waals surface area contributed by atoms with Crippen LogP contribution in [0.5, 0.6) is 0 Å². The molecule has 0 heteroatoms. The first-order chi connectivity index (χ1) is 18.4. The minimum atomic E-state index is -0.345. The van der Waals surface area contributed by atoms with Crippen LogP contribution in [0, 0.1) is 117 Å². The van der Waals surface area contributed by atoms with Crippen LogP contribution in [0.1, 0.15) is 93.7 Å². The van der Waals surface area contributed by atoms with Crippen molar-refractivity contribution in [2.45, 2.75) is 43.4 Å². The average Bonchev–Trinajstić information content (AvgIpc) is 2.94. The Balaban J connectivity index is 1.91. The van der Waals surface area contributed by atoms with Crippen molar-refractivity contribution in [1.82, 2.24) is 0 Å². The highest BCUT2D eigenvalue weighted by Crippen LogP contribution is 2.67. The lowest BCUT2D eigenvalue weighted by molar-refractivity contribution is -0.0282. The van der Waals surface area contributed by atoms with E-state index >= 15 is 0 Å². The Labute approximate surface area is 227 Å². The van der Waals surface area contributed by atoms with E-state index in [1.54, 1.807) is 0 Å². The highest BCUT2D eigenvalue weighted by Gasteiger charge is 2.59. The maximum absolute atomic E-state index is 6.16. The van der Waals surface area contributed by atoms with Crippen LogP contribution < -0.4 is 0 Å². The van der Waals surface area contributed by atoms with Gasteiger partial charge in [0.05, 0.1) is 22.3 Å². The molecule has 0 amide bonds. The van der Waals surface area contributed by atoms with E-state index in [4.69, 9.17) is 51.4 Å². The normalized spacial score (nSPS) is 25.8. The lowest BCUT2D eigenvalue weighted by Crippen LogP contribution is -2.54. The summed E-state index contributed by atoms with van der Waals surface area (Å²) in [5, 5.41) is 0. The smallest absolute Gasteiger partial charge is 0.0571 e. The Kier molecular flexibility index (Phi) is 5.89. The number of terminal acetylenes is 8. The van der Waals surface area contributed by atoms with E-state index in [0.29, 0.717) is 62.3 Å². The summed E-state index contributed by atoms with van der Waals surface area (Å²) in [6.45, 7) is 0. The van der Waals surface area contributed by atoms with Crippen molar-refractivity contribution in [1.29, 1.82) is 0 Å². The van der Waals surface area contributed by atoms with Gasteiger partial charge in [0.25, 0.3) is 0 Å². The number of benzene rings is 2. The SMILES string of the molecule is C#Cc1cc(C2C3CC4CC(C3)CC2(c2cc(C#C)c(C#C)c(C#C)c2C#C)C4)c(C#C)c(C#C)c1C#C. The fraction of sp³-hybridized carbons (Fsp3) is 0.263. The van der Waals surface area contributed by atoms with Crippen molar-refractivity contribution >= 4 is 0 Å². The molecule has 2 aromatic rings. The van der Waals surface area contributed by atoms with Crippen LogP contribution in [-0.4, -0.2) is 0 Å². The first-order valence-electron chi connectivity index (χ1n) is 12.6. The maximum Gasteiger partial charge on any atom is 0.0571 e. The van der Waals surface area contributed by atoms with Crippen LogP contribution in [0.25, 0.3) is 0 Å². The van der Waals surface area contributed by atoms with Crippen molar-refractivity contribution < 1.29 is 0 Å². The number of hydrogen-bond acceptors (Lipinski definition) is 0. The van der Waals surface area contributed by atoms with Gasteiger partial charge in [-0.2, -0.15) is 0 Å². The van der Waals surface area contributed by atoms with Crippen LogP contribution in [0.4, 0.5) is 0 Å². The highest BCUT2D eigenvalue weighted by molar-refractivity contribution is 5.71. The number of rotatable bonds is 2. The number of hydrogen-bond donors (Lipinski definition) is 0. The molecule has 6 rings (SSSR count). The molecule has 0 aromatic heterocycles. The molecule has 176 valence electrons. The summed E-state index contributed by atoms with van der Waals surface area (Å²) in [5.74, 6) is 23.7. The molecule has 0 saturated heterocycles. The lowest BCUT2D eigenvalue weighted by atomic mass is 9.41. The van der Waals surface area contributed by atoms with Crippen molar-refractivity contribution in [2.75, 3.05) is 0 Å². The molecule has 0 N–H and O–H groups in total. The van der Waals surface area contributed by atoms with Crippen molar-refractivity contribution in [3.05, 3.63) is 67.8 Å². The third-order valence-corrected chi connectivity index (χ3v) is 9.05. The molecule has 0 heterocycles. The fourth-order valence-electron chi connectivity index (χ4n) is 8.13. The minimum Gasteiger partial charge on any atom is -0.115 e. The monoisotopic (exact) mass is 480 g/mol. The topological polar surface area (TPSA) is 0 Å². The summed E-state index contributed by atoms with van der Waals surface area (Å²) in [7, 11) is 0. The van der Waals surface area contributed by atoms with Crippen LogP contribution >= 0.6 is 0 Å². The largest absolute Gasteiger partial charge is 0.115 e. The molecule has 4 fully saturated rings. The van der Waals surface area contributed by atoms with Gasteiger partial charge in [-0.25, -0.2) is 0 Å². The maximum atomic E-state index is 6.16. The van der Waals surface area contributed by atoms with Crippen molar-refractivity contribution in [3.8, 4) is 98.8 Å². The van der Waals surface area contributed by atoms with Gasteiger partial charge in [0.1, 0.15) is 0 Å². The Morgan fingerprint density at radius 1 is 0.526 bits per heavy atom. The molecule has 3 unspecified atom stereocenters. The zero-order chi connectivity index (χ0) is 27.2. The summed E-state index contributed by atoms with van der Waals surface area (Å²) >= 11 is 0. The van der Waals surface area contributed by atoms with Gasteiger partial charge in [-0.1, -0.05) is 47.4 Å². The highest BCUT2D eigenvalue weighted by atomic mass is 14.6. The molecule has 3 atom stereocenters. The molecule has 0 spiro atoms. The predicted molar refractivity (Wildman–Crippen MR) is 154 cm³/mol. The third-order valence-electron chi connectivity index (χ3n) is 9.05. The molecule has 0 aliphatic heterocycles. The third kappa shape index (κ3) is 3.21. The van der Waals surface area contributed by atoms with E-state index < -0.39 is 0 Å². The van der Waals surface area contributed by atoms with Crippen molar-refractivity contribution in [2.24, 2.45) is 17.8 Å². The first-order valence-corrected chi connectivity index (χ1v) is 12.6. The zero-order valence-corrected chi connectivity index (χ0v) is 21.1. The summed E-state index contributed by atoms with van der Waals surface area (Å²) in [6.07, 6.45) is 53.1. The Morgan fingerprint density at radius 3 is 1.47 bits per heavy atom. The second-order valence-corrected chi connectivity index (χ2v) is 10.6. The van der Waals surface area contributed by atoms with Gasteiger partial charge in [0.2, 0.25) is 0 Å². The summed E-state index contributed by atoms with van der Waals surface area (Å²) in [4.78, 5) is 0. The van der Waals surface area contributed by atoms with E-state index in [1.165, 1.54) is 6.42 Å². The summed E-state index contributed by atoms with van der Waals surface area (Å²) < 4.78 is 0. The molecule has 4 bridgehead atoms. The van der Waals surface area contributed by atoms with Crippen LogP contribution in [0.2, 0.25) is 0 Å². The first kappa shape index (κ1) is 24.6. The summed E-state index contributed by atoms with van der Waals surface area (Å²) in [6, 6.07) is 3.98. The van der Waals surface area contributed by atoms with Gasteiger partial charge < -0.3 is 0 Å². The van der Waals surface area contributed by atoms with E-state index in [-0.39, 0.29) is 11.3 Å². The molecule has 2 aromatic carbocycles. The zero-order valence-electron chi connectivity index (χ0n) is 21.1. The standard InChI is InChI=1S/C38H24/c1-9-26-20-35(33(15-7)31(13-5)29(26)11-3)37-28-18-24-17-25(19-28)23-38(37,22-24)36-21-27(10-2)30(12-4)32(14-6)34(36)16-8/h1-8,20-21,24-25,28,37H,17-19,22-23H2. The summed E-state index contributed by atoms with van der Waals surface area (Å²) in [5.41, 5.74) is 6.00. The van der Waals surface area contributed by atoms with Crippen LogP contribution in [0.3, 0.4) is 0 Å². The van der Waals surface area contributed by atoms with E-state index in [1.807, 2.05) is 12.1 Å². The van der Waals surface area contributed by atoms with Gasteiger partial charge >= 0.3 is 0 Å². The van der Waals surface area contributed by atoms with E-state index in [9.17, 15) is 0 Å². The Bertz CT molecular complexity index is 1730. The van der Waals surface area contributed by atoms with Gasteiger partial charge in [-0.15, -0.1) is 51.4 Å². The molecule has 4 aliphatic carbocycles. The van der Waals surface area contributed by atoms with Crippen LogP contribution in [-0.2, 0) is 5.41 Å². The van der Waals surface area contributed by atoms with Gasteiger partial charge in [0.15, 0.2) is 0 Å². The molecule has 38 heavy (non-hydrogen) atoms. The van der Waals surface area contributed by atoms with E-state index in [2.05, 4.69) is 47.4 Å². The predicted octanol–water partition coefficient (Wildman–Crippen LogP) is 5.40. The molecule has 0 nitrogen and oxygen atoms in total. The van der Waals surface area contributed by atoms with Crippen LogP contribution in [0.15, 0.2) is 12.1 Å². The van der Waals surface area contributed by atoms with Gasteiger partial charge in [-0.3, -0.25) is 0 Å². The van der Waals surface area contributed by atoms with Crippen molar-refractivity contribution in [3.63, 3.8) is 0 Å². The molecule has 4 aliphatic rings. The van der Waals surface area contributed by atoms with Gasteiger partial charge in [-0.05, 0) is 79.0 Å². The van der Waals surface area contributed by atoms with Gasteiger partial charge in [0, 0.05) is 27.7 Å². The molecule has 0 radical (unpaired) electrons. The Morgan fingerprint density at radius 2 is 1.00 bits per heavy atom.